The van der Waals surface area contributed by atoms with Crippen LogP contribution < -0.4 is 11.5 Å². The maximum Gasteiger partial charge on any atom is 0.256 e. The normalized spacial score (nSPS) is 12.9. The molecule has 0 spiro atoms. The van der Waals surface area contributed by atoms with Gasteiger partial charge in [0.1, 0.15) is 11.5 Å². The van der Waals surface area contributed by atoms with Crippen molar-refractivity contribution >= 4 is 28.4 Å². The number of nitrogens with one attached hydrogen (secondary N) is 1. The van der Waals surface area contributed by atoms with Gasteiger partial charge in [-0.25, -0.2) is 4.39 Å². The van der Waals surface area contributed by atoms with Crippen LogP contribution in [0.4, 0.5) is 10.1 Å². The Morgan fingerprint density at radius 3 is 2.73 bits per heavy atom. The number of carbonyl (C=O) groups excluding carboxylic acids is 2. The predicted octanol–water partition coefficient (Wildman–Crippen LogP) is 3.62. The van der Waals surface area contributed by atoms with Crippen LogP contribution in [-0.2, 0) is 11.3 Å². The Morgan fingerprint density at radius 1 is 1.15 bits per heavy atom. The number of hydrogen-bond donors (Lipinski definition) is 3. The summed E-state index contributed by atoms with van der Waals surface area (Å²) in [5, 5.41) is 8.18. The first-order valence-corrected chi connectivity index (χ1v) is 10.3. The van der Waals surface area contributed by atoms with Crippen LogP contribution in [0.25, 0.3) is 33.3 Å². The number of nitrogen functional groups attached to an aromatic ring is 1. The molecule has 1 aromatic heterocycles. The second-order valence-electron chi connectivity index (χ2n) is 8.03. The van der Waals surface area contributed by atoms with Gasteiger partial charge in [0.05, 0.1) is 17.6 Å². The van der Waals surface area contributed by atoms with Gasteiger partial charge in [-0.2, -0.15) is 5.10 Å². The first-order chi connectivity index (χ1) is 15.8. The highest BCUT2D eigenvalue weighted by molar-refractivity contribution is 6.06. The highest BCUT2D eigenvalue weighted by Gasteiger charge is 2.32. The lowest BCUT2D eigenvalue weighted by atomic mass is 9.94. The number of aromatic amines is 1. The number of halogens is 1. The molecule has 0 radical (unpaired) electrons. The van der Waals surface area contributed by atoms with Crippen LogP contribution in [0.2, 0.25) is 0 Å². The summed E-state index contributed by atoms with van der Waals surface area (Å²) in [5.41, 5.74) is 16.9. The summed E-state index contributed by atoms with van der Waals surface area (Å²) in [6.45, 7) is 3.97. The minimum absolute atomic E-state index is 0.0339. The molecule has 5 rings (SSSR count). The molecule has 0 atom stereocenters. The van der Waals surface area contributed by atoms with Gasteiger partial charge >= 0.3 is 0 Å². The third-order valence-electron chi connectivity index (χ3n) is 5.90. The molecule has 0 aliphatic carbocycles. The van der Waals surface area contributed by atoms with Crippen LogP contribution >= 0.6 is 0 Å². The summed E-state index contributed by atoms with van der Waals surface area (Å²) >= 11 is 0. The molecule has 164 valence electrons. The van der Waals surface area contributed by atoms with E-state index in [9.17, 15) is 14.0 Å². The average Bonchev–Trinajstić information content (AvgIpc) is 3.35. The monoisotopic (exact) mass is 441 g/mol. The number of nitrogens with zero attached hydrogens (tertiary/aromatic N) is 2. The van der Waals surface area contributed by atoms with Crippen molar-refractivity contribution in [1.29, 1.82) is 0 Å². The van der Waals surface area contributed by atoms with E-state index in [2.05, 4.69) is 16.8 Å². The minimum Gasteiger partial charge on any atom is -0.398 e. The quantitative estimate of drug-likeness (QED) is 0.324. The molecule has 2 amide bonds. The zero-order valence-corrected chi connectivity index (χ0v) is 17.6. The zero-order valence-electron chi connectivity index (χ0n) is 17.6. The van der Waals surface area contributed by atoms with Crippen molar-refractivity contribution in [2.75, 3.05) is 12.3 Å². The Hall–Kier alpha value is -4.46. The number of hydrogen-bond acceptors (Lipinski definition) is 4. The fraction of sp³-hybridized carbons (Fsp3) is 0.0800. The summed E-state index contributed by atoms with van der Waals surface area (Å²) in [4.78, 5) is 25.9. The third-order valence-corrected chi connectivity index (χ3v) is 5.90. The molecular formula is C25H20FN5O2. The molecular weight excluding hydrogens is 421 g/mol. The fourth-order valence-electron chi connectivity index (χ4n) is 4.25. The number of aromatic nitrogens is 2. The van der Waals surface area contributed by atoms with Crippen LogP contribution in [0.5, 0.6) is 0 Å². The van der Waals surface area contributed by atoms with Crippen LogP contribution in [0.15, 0.2) is 66.7 Å². The van der Waals surface area contributed by atoms with Crippen LogP contribution in [0.3, 0.4) is 0 Å². The summed E-state index contributed by atoms with van der Waals surface area (Å²) in [6.07, 6.45) is 0. The predicted molar refractivity (Wildman–Crippen MR) is 124 cm³/mol. The molecule has 0 saturated heterocycles. The first-order valence-electron chi connectivity index (χ1n) is 10.3. The lowest BCUT2D eigenvalue weighted by Crippen LogP contribution is -2.30. The van der Waals surface area contributed by atoms with E-state index in [1.807, 2.05) is 24.3 Å². The van der Waals surface area contributed by atoms with Crippen LogP contribution in [-0.4, -0.2) is 33.5 Å². The van der Waals surface area contributed by atoms with E-state index in [1.165, 1.54) is 17.0 Å². The van der Waals surface area contributed by atoms with Crippen molar-refractivity contribution in [3.63, 3.8) is 0 Å². The molecule has 7 nitrogen and oxygen atoms in total. The number of primary amides is 1. The number of nitrogens with two attached hydrogens (primary N) is 2. The van der Waals surface area contributed by atoms with Crippen molar-refractivity contribution in [3.05, 3.63) is 83.7 Å². The second-order valence-corrected chi connectivity index (χ2v) is 8.03. The van der Waals surface area contributed by atoms with Crippen molar-refractivity contribution in [1.82, 2.24) is 15.1 Å². The van der Waals surface area contributed by atoms with Gasteiger partial charge in [0.2, 0.25) is 5.91 Å². The Labute approximate surface area is 188 Å². The zero-order chi connectivity index (χ0) is 23.3. The number of H-pyrrole nitrogens is 1. The van der Waals surface area contributed by atoms with Crippen LogP contribution in [0, 0.1) is 5.82 Å². The number of anilines is 1. The maximum absolute atomic E-state index is 13.8. The Morgan fingerprint density at radius 2 is 1.97 bits per heavy atom. The molecule has 0 saturated carbocycles. The van der Waals surface area contributed by atoms with Gasteiger partial charge in [-0.15, -0.1) is 0 Å². The van der Waals surface area contributed by atoms with Gasteiger partial charge in [-0.05, 0) is 47.0 Å². The molecule has 1 aliphatic heterocycles. The fourth-order valence-corrected chi connectivity index (χ4v) is 4.25. The van der Waals surface area contributed by atoms with Gasteiger partial charge < -0.3 is 16.4 Å². The number of rotatable bonds is 5. The summed E-state index contributed by atoms with van der Waals surface area (Å²) in [7, 11) is 0. The number of amides is 2. The molecule has 2 heterocycles. The highest BCUT2D eigenvalue weighted by atomic mass is 19.1. The van der Waals surface area contributed by atoms with Gasteiger partial charge in [-0.3, -0.25) is 14.7 Å². The summed E-state index contributed by atoms with van der Waals surface area (Å²) < 4.78 is 13.8. The van der Waals surface area contributed by atoms with Crippen molar-refractivity contribution < 1.29 is 14.0 Å². The lowest BCUT2D eigenvalue weighted by molar-refractivity contribution is -0.114. The van der Waals surface area contributed by atoms with Gasteiger partial charge in [0.15, 0.2) is 0 Å². The Balaban J connectivity index is 1.60. The molecule has 3 aromatic carbocycles. The smallest absolute Gasteiger partial charge is 0.256 e. The standard InChI is InChI=1S/C25H20FN5O2/c1-13(24(28)32)11-31-12-19-17(6-7-20(27)22(19)25(31)33)14-5-8-21-18(10-14)23(30-29-21)15-3-2-4-16(26)9-15/h2-10H,1,11-12,27H2,(H2,28,32)(H,29,30). The van der Waals surface area contributed by atoms with Crippen molar-refractivity contribution in [3.8, 4) is 22.4 Å². The Kier molecular flexibility index (Phi) is 4.70. The topological polar surface area (TPSA) is 118 Å². The molecule has 0 unspecified atom stereocenters. The van der Waals surface area contributed by atoms with E-state index in [-0.39, 0.29) is 30.4 Å². The molecule has 1 aliphatic rings. The molecule has 0 fully saturated rings. The largest absolute Gasteiger partial charge is 0.398 e. The van der Waals surface area contributed by atoms with Gasteiger partial charge in [0, 0.05) is 28.8 Å². The maximum atomic E-state index is 13.8. The average molecular weight is 441 g/mol. The first kappa shape index (κ1) is 20.4. The highest BCUT2D eigenvalue weighted by Crippen LogP contribution is 2.38. The van der Waals surface area contributed by atoms with Crippen molar-refractivity contribution in [2.24, 2.45) is 5.73 Å². The minimum atomic E-state index is -0.651. The lowest BCUT2D eigenvalue weighted by Gasteiger charge is -2.15. The molecule has 0 bridgehead atoms. The second kappa shape index (κ2) is 7.59. The van der Waals surface area contributed by atoms with E-state index in [0.29, 0.717) is 22.5 Å². The molecule has 5 N–H and O–H groups in total. The SMILES string of the molecule is C=C(CN1Cc2c(-c3ccc4[nH]nc(-c5cccc(F)c5)c4c3)ccc(N)c2C1=O)C(N)=O. The summed E-state index contributed by atoms with van der Waals surface area (Å²) in [5.74, 6) is -1.26. The summed E-state index contributed by atoms with van der Waals surface area (Å²) in [6, 6.07) is 15.6. The third kappa shape index (κ3) is 3.41. The molecule has 33 heavy (non-hydrogen) atoms. The van der Waals surface area contributed by atoms with E-state index < -0.39 is 5.91 Å². The van der Waals surface area contributed by atoms with Crippen LogP contribution in [0.1, 0.15) is 15.9 Å². The van der Waals surface area contributed by atoms with E-state index in [4.69, 9.17) is 11.5 Å². The van der Waals surface area contributed by atoms with E-state index in [0.717, 1.165) is 27.6 Å². The van der Waals surface area contributed by atoms with Gasteiger partial charge in [0.25, 0.3) is 5.91 Å². The van der Waals surface area contributed by atoms with E-state index in [1.54, 1.807) is 18.2 Å². The molecule has 8 heteroatoms. The van der Waals surface area contributed by atoms with Crippen molar-refractivity contribution in [2.45, 2.75) is 6.54 Å². The number of benzene rings is 3. The number of carbonyl (C=O) groups is 2. The van der Waals surface area contributed by atoms with Gasteiger partial charge in [-0.1, -0.05) is 30.8 Å². The van der Waals surface area contributed by atoms with E-state index >= 15 is 0 Å². The Bertz CT molecular complexity index is 1470. The molecule has 4 aromatic rings. The number of fused-ring (bicyclic) bond motifs is 2.